The number of primary amides is 1. The predicted octanol–water partition coefficient (Wildman–Crippen LogP) is -8.18. The van der Waals surface area contributed by atoms with Gasteiger partial charge in [-0.05, 0) is 76.7 Å². The average Bonchev–Trinajstić information content (AvgIpc) is 3.35. The predicted molar refractivity (Wildman–Crippen MR) is 297 cm³/mol. The van der Waals surface area contributed by atoms with E-state index in [2.05, 4.69) is 82.8 Å². The van der Waals surface area contributed by atoms with Crippen molar-refractivity contribution in [1.82, 2.24) is 42.5 Å². The van der Waals surface area contributed by atoms with E-state index < -0.39 is 132 Å². The summed E-state index contributed by atoms with van der Waals surface area (Å²) >= 11 is 7.92. The van der Waals surface area contributed by atoms with E-state index in [1.54, 1.807) is 13.8 Å². The van der Waals surface area contributed by atoms with Gasteiger partial charge in [-0.25, -0.2) is 4.79 Å². The molecule has 33 nitrogen and oxygen atoms in total. The highest BCUT2D eigenvalue weighted by Gasteiger charge is 2.36. The lowest BCUT2D eigenvalue weighted by Gasteiger charge is -2.28. The molecule has 35 heteroatoms. The Morgan fingerprint density at radius 1 is 0.430 bits per heavy atom. The van der Waals surface area contributed by atoms with Gasteiger partial charge in [0, 0.05) is 31.1 Å². The summed E-state index contributed by atoms with van der Waals surface area (Å²) in [5.41, 5.74) is 49.5. The van der Waals surface area contributed by atoms with Gasteiger partial charge >= 0.3 is 11.9 Å². The molecule has 9 atom stereocenters. The second-order valence-corrected chi connectivity index (χ2v) is 19.1. The van der Waals surface area contributed by atoms with Crippen LogP contribution in [0.3, 0.4) is 0 Å². The van der Waals surface area contributed by atoms with Crippen LogP contribution in [-0.2, 0) is 52.7 Å². The molecule has 0 saturated heterocycles. The Hall–Kier alpha value is -7.40. The lowest BCUT2D eigenvalue weighted by atomic mass is 10.0. The lowest BCUT2D eigenvalue weighted by Crippen LogP contribution is -2.61. The molecule has 0 saturated carbocycles. The van der Waals surface area contributed by atoms with Crippen LogP contribution in [0.2, 0.25) is 0 Å². The second kappa shape index (κ2) is 39.0. The molecule has 9 amide bonds. The van der Waals surface area contributed by atoms with E-state index in [1.807, 2.05) is 0 Å². The molecule has 0 bridgehead atoms. The number of nitrogens with one attached hydrogen (secondary N) is 8. The Morgan fingerprint density at radius 3 is 1.06 bits per heavy atom. The van der Waals surface area contributed by atoms with Crippen molar-refractivity contribution in [2.24, 2.45) is 72.5 Å². The van der Waals surface area contributed by atoms with Crippen LogP contribution < -0.4 is 94.1 Å². The van der Waals surface area contributed by atoms with Crippen molar-refractivity contribution < 1.29 is 63.0 Å². The van der Waals surface area contributed by atoms with Crippen molar-refractivity contribution in [3.8, 4) is 0 Å². The molecule has 0 radical (unpaired) electrons. The maximum Gasteiger partial charge on any atom is 0.327 e. The number of amides is 9. The second-order valence-electron chi connectivity index (χ2n) is 18.3. The number of hydrogen-bond acceptors (Lipinski definition) is 18. The minimum absolute atomic E-state index is 0.000463. The average molecular weight is 1160 g/mol. The molecule has 0 unspecified atom stereocenters. The molecule has 79 heavy (non-hydrogen) atoms. The summed E-state index contributed by atoms with van der Waals surface area (Å²) in [5.74, 6) is -13.8. The highest BCUT2D eigenvalue weighted by atomic mass is 32.1. The number of carboxylic acid groups (broad SMARTS) is 2. The minimum Gasteiger partial charge on any atom is -0.481 e. The normalized spacial score (nSPS) is 14.3. The number of nitrogens with zero attached hydrogens (tertiary/aromatic N) is 3. The van der Waals surface area contributed by atoms with Crippen LogP contribution in [0.5, 0.6) is 0 Å². The van der Waals surface area contributed by atoms with Gasteiger partial charge in [-0.1, -0.05) is 13.8 Å². The molecular formula is C44H82N20O13S2. The first-order valence-corrected chi connectivity index (χ1v) is 26.3. The van der Waals surface area contributed by atoms with Crippen molar-refractivity contribution in [3.63, 3.8) is 0 Å². The molecule has 0 aromatic rings. The summed E-state index contributed by atoms with van der Waals surface area (Å²) < 4.78 is 0. The number of carboxylic acids is 2. The van der Waals surface area contributed by atoms with Gasteiger partial charge in [0.15, 0.2) is 17.9 Å². The fourth-order valence-electron chi connectivity index (χ4n) is 7.03. The van der Waals surface area contributed by atoms with Gasteiger partial charge in [0.1, 0.15) is 48.3 Å². The molecule has 0 aromatic carbocycles. The van der Waals surface area contributed by atoms with Gasteiger partial charge in [-0.3, -0.25) is 62.9 Å². The number of aliphatic carboxylic acids is 2. The molecule has 0 fully saturated rings. The van der Waals surface area contributed by atoms with Crippen LogP contribution in [-0.4, -0.2) is 185 Å². The fraction of sp³-hybridized carbons (Fsp3) is 0.682. The van der Waals surface area contributed by atoms with Crippen LogP contribution in [0.4, 0.5) is 0 Å². The van der Waals surface area contributed by atoms with Gasteiger partial charge in [-0.2, -0.15) is 25.3 Å². The summed E-state index contributed by atoms with van der Waals surface area (Å²) in [6.07, 6.45) is -1.53. The van der Waals surface area contributed by atoms with Gasteiger partial charge in [0.05, 0.1) is 18.9 Å². The van der Waals surface area contributed by atoms with E-state index in [1.165, 1.54) is 0 Å². The molecule has 0 spiro atoms. The number of unbranched alkanes of at least 4 members (excludes halogenated alkanes) is 1. The summed E-state index contributed by atoms with van der Waals surface area (Å²) in [6.45, 7) is 3.54. The summed E-state index contributed by atoms with van der Waals surface area (Å²) in [5, 5.41) is 38.6. The van der Waals surface area contributed by atoms with Crippen LogP contribution in [0.15, 0.2) is 15.0 Å². The largest absolute Gasteiger partial charge is 0.481 e. The van der Waals surface area contributed by atoms with Crippen LogP contribution in [0.1, 0.15) is 90.9 Å². The van der Waals surface area contributed by atoms with Crippen molar-refractivity contribution in [1.29, 1.82) is 0 Å². The molecule has 0 aliphatic rings. The number of carbonyl (C=O) groups is 11. The van der Waals surface area contributed by atoms with E-state index in [4.69, 9.17) is 51.6 Å². The van der Waals surface area contributed by atoms with E-state index in [9.17, 15) is 63.0 Å². The van der Waals surface area contributed by atoms with Crippen molar-refractivity contribution in [2.45, 2.75) is 145 Å². The Kier molecular flexibility index (Phi) is 35.4. The fourth-order valence-corrected chi connectivity index (χ4v) is 7.44. The molecule has 448 valence electrons. The number of nitrogens with two attached hydrogens (primary N) is 9. The number of thiol groups is 2. The maximum atomic E-state index is 14.3. The number of rotatable bonds is 41. The monoisotopic (exact) mass is 1160 g/mol. The highest BCUT2D eigenvalue weighted by molar-refractivity contribution is 7.80. The quantitative estimate of drug-likeness (QED) is 0.0117. The lowest BCUT2D eigenvalue weighted by molar-refractivity contribution is -0.142. The summed E-state index contributed by atoms with van der Waals surface area (Å²) in [7, 11) is 0. The van der Waals surface area contributed by atoms with Crippen molar-refractivity contribution in [3.05, 3.63) is 0 Å². The third-order valence-electron chi connectivity index (χ3n) is 11.0. The number of guanidine groups is 3. The highest BCUT2D eigenvalue weighted by Crippen LogP contribution is 2.12. The summed E-state index contributed by atoms with van der Waals surface area (Å²) in [4.78, 5) is 157. The van der Waals surface area contributed by atoms with E-state index in [0.717, 1.165) is 0 Å². The SMILES string of the molecule is CC(C)C[C@H](NC(=O)[C@H](CCCN=C(N)N)NC(=O)[C@H](CCCCN)NC(=O)[C@H](CCCN=C(N)N)NC(=O)[C@@H](N)CS)C(=O)N[C@@H](CC(=O)O)C(=O)N[C@@H](CCCN=C(N)N)C(=O)N[C@@H](CC(N)=O)C(=O)N[C@@H](CS)C(=O)O. The zero-order chi connectivity index (χ0) is 60.4. The Labute approximate surface area is 467 Å². The standard InChI is InChI=1S/C44H82N20O13S2/c1-21(2)16-27(38(73)63-29(18-32(66)67)40(75)60-26(11-7-15-56-44(52)53)37(72)62-28(17-31(47)65)39(74)64-30(20-79)41(76)77)61-36(71)25(10-6-14-55-43(50)51)59-34(69)23(8-3-4-12-45)58-35(70)24(9-5-13-54-42(48)49)57-33(68)22(46)19-78/h21-30,78-79H,3-20,45-46H2,1-2H3,(H2,47,65)(H,57,68)(H,58,70)(H,59,69)(H,60,75)(H,61,71)(H,62,72)(H,63,73)(H,64,74)(H,66,67)(H,76,77)(H4,48,49,54)(H4,50,51,55)(H4,52,53,56)/t22-,23-,24-,25-,26-,27-,28-,29-,30-/m0/s1. The van der Waals surface area contributed by atoms with Crippen molar-refractivity contribution >= 4 is 108 Å². The van der Waals surface area contributed by atoms with Gasteiger partial charge in [-0.15, -0.1) is 0 Å². The third kappa shape index (κ3) is 31.6. The molecular weight excluding hydrogens is 1080 g/mol. The molecule has 0 rings (SSSR count). The first-order chi connectivity index (χ1) is 37.1. The van der Waals surface area contributed by atoms with Crippen LogP contribution in [0.25, 0.3) is 0 Å². The zero-order valence-electron chi connectivity index (χ0n) is 44.3. The van der Waals surface area contributed by atoms with Gasteiger partial charge < -0.3 is 104 Å². The van der Waals surface area contributed by atoms with E-state index in [-0.39, 0.29) is 113 Å². The Balaban J connectivity index is 7.06. The Bertz CT molecular complexity index is 2140. The minimum atomic E-state index is -1.96. The number of carbonyl (C=O) groups excluding carboxylic acids is 9. The molecule has 0 heterocycles. The topological polar surface area (TPSA) is 596 Å². The van der Waals surface area contributed by atoms with Crippen molar-refractivity contribution in [2.75, 3.05) is 37.7 Å². The zero-order valence-corrected chi connectivity index (χ0v) is 46.1. The van der Waals surface area contributed by atoms with Gasteiger partial charge in [0.2, 0.25) is 53.2 Å². The number of hydrogen-bond donors (Lipinski definition) is 21. The molecule has 0 aliphatic carbocycles. The molecule has 0 aromatic heterocycles. The maximum absolute atomic E-state index is 14.3. The smallest absolute Gasteiger partial charge is 0.327 e. The number of aliphatic imine (C=N–C) groups is 3. The van der Waals surface area contributed by atoms with Gasteiger partial charge in [0.25, 0.3) is 0 Å². The summed E-state index contributed by atoms with van der Waals surface area (Å²) in [6, 6.07) is -13.6. The Morgan fingerprint density at radius 2 is 0.747 bits per heavy atom. The third-order valence-corrected chi connectivity index (χ3v) is 11.8. The van der Waals surface area contributed by atoms with E-state index in [0.29, 0.717) is 12.8 Å². The molecule has 0 aliphatic heterocycles. The van der Waals surface area contributed by atoms with Crippen LogP contribution in [0, 0.1) is 5.92 Å². The first kappa shape index (κ1) is 71.6. The molecule has 28 N–H and O–H groups in total. The first-order valence-electron chi connectivity index (χ1n) is 25.1. The van der Waals surface area contributed by atoms with Crippen LogP contribution >= 0.6 is 25.3 Å². The van der Waals surface area contributed by atoms with E-state index >= 15 is 0 Å².